The van der Waals surface area contributed by atoms with Gasteiger partial charge in [-0.2, -0.15) is 18.3 Å². The van der Waals surface area contributed by atoms with E-state index in [1.165, 1.54) is 24.4 Å². The van der Waals surface area contributed by atoms with Crippen LogP contribution in [0.2, 0.25) is 0 Å². The number of hydrogen-bond acceptors (Lipinski definition) is 4. The van der Waals surface area contributed by atoms with Gasteiger partial charge in [-0.3, -0.25) is 9.78 Å². The predicted octanol–water partition coefficient (Wildman–Crippen LogP) is 5.87. The number of imidazole rings is 1. The molecule has 3 aromatic heterocycles. The number of carbonyl (C=O) groups excluding carboxylic acids is 1. The smallest absolute Gasteiger partial charge is 0.322 e. The average molecular weight is 477 g/mol. The van der Waals surface area contributed by atoms with E-state index in [1.807, 2.05) is 6.07 Å². The van der Waals surface area contributed by atoms with Gasteiger partial charge in [-0.05, 0) is 60.2 Å². The molecule has 5 aromatic rings. The zero-order valence-electron chi connectivity index (χ0n) is 17.8. The Hall–Kier alpha value is -4.60. The van der Waals surface area contributed by atoms with Crippen LogP contribution < -0.4 is 5.32 Å². The molecule has 5 rings (SSSR count). The summed E-state index contributed by atoms with van der Waals surface area (Å²) in [6, 6.07) is 13.2. The molecule has 10 heteroatoms. The predicted molar refractivity (Wildman–Crippen MR) is 121 cm³/mol. The first-order valence-electron chi connectivity index (χ1n) is 10.3. The molecule has 0 saturated heterocycles. The van der Waals surface area contributed by atoms with Crippen LogP contribution in [0.5, 0.6) is 0 Å². The Morgan fingerprint density at radius 3 is 2.43 bits per heavy atom. The molecule has 0 bridgehead atoms. The Labute approximate surface area is 195 Å². The van der Waals surface area contributed by atoms with Crippen molar-refractivity contribution in [3.63, 3.8) is 0 Å². The Morgan fingerprint density at radius 1 is 0.914 bits per heavy atom. The van der Waals surface area contributed by atoms with E-state index in [0.717, 1.165) is 29.8 Å². The topological polar surface area (TPSA) is 72.2 Å². The fourth-order valence-corrected chi connectivity index (χ4v) is 3.71. The fourth-order valence-electron chi connectivity index (χ4n) is 3.71. The molecule has 0 spiro atoms. The van der Waals surface area contributed by atoms with Gasteiger partial charge in [0.25, 0.3) is 5.91 Å². The Kier molecular flexibility index (Phi) is 5.48. The van der Waals surface area contributed by atoms with Crippen LogP contribution >= 0.6 is 0 Å². The number of pyridine rings is 1. The lowest BCUT2D eigenvalue weighted by atomic mass is 9.99. The maximum absolute atomic E-state index is 13.7. The highest BCUT2D eigenvalue weighted by atomic mass is 19.4. The van der Waals surface area contributed by atoms with Gasteiger partial charge >= 0.3 is 6.18 Å². The van der Waals surface area contributed by atoms with Gasteiger partial charge in [0, 0.05) is 35.4 Å². The number of fused-ring (bicyclic) bond motifs is 1. The van der Waals surface area contributed by atoms with Gasteiger partial charge in [-0.25, -0.2) is 13.9 Å². The highest BCUT2D eigenvalue weighted by Gasteiger charge is 2.35. The van der Waals surface area contributed by atoms with Crippen LogP contribution in [0.4, 0.5) is 23.2 Å². The SMILES string of the molecule is O=C(Nc1ccc(F)cc1)c1cc(-c2ccnn3c(-c4cccnc4)cnc23)ccc1C(F)(F)F. The van der Waals surface area contributed by atoms with Crippen molar-refractivity contribution >= 4 is 17.2 Å². The molecular weight excluding hydrogens is 462 g/mol. The molecule has 6 nitrogen and oxygen atoms in total. The number of anilines is 1. The van der Waals surface area contributed by atoms with Gasteiger partial charge in [0.1, 0.15) is 5.82 Å². The van der Waals surface area contributed by atoms with E-state index in [-0.39, 0.29) is 5.69 Å². The van der Waals surface area contributed by atoms with Gasteiger partial charge in [0.05, 0.1) is 23.0 Å². The number of carbonyl (C=O) groups is 1. The molecule has 2 aromatic carbocycles. The molecule has 0 atom stereocenters. The third-order valence-corrected chi connectivity index (χ3v) is 5.34. The molecule has 174 valence electrons. The number of halogens is 4. The lowest BCUT2D eigenvalue weighted by molar-refractivity contribution is -0.137. The molecule has 0 radical (unpaired) electrons. The van der Waals surface area contributed by atoms with Gasteiger partial charge < -0.3 is 5.32 Å². The molecule has 0 aliphatic rings. The maximum atomic E-state index is 13.7. The van der Waals surface area contributed by atoms with Crippen LogP contribution in [-0.4, -0.2) is 25.5 Å². The van der Waals surface area contributed by atoms with Crippen LogP contribution in [0.3, 0.4) is 0 Å². The quantitative estimate of drug-likeness (QED) is 0.329. The summed E-state index contributed by atoms with van der Waals surface area (Å²) >= 11 is 0. The second-order valence-electron chi connectivity index (χ2n) is 7.58. The van der Waals surface area contributed by atoms with Gasteiger partial charge in [-0.1, -0.05) is 6.07 Å². The van der Waals surface area contributed by atoms with Crippen molar-refractivity contribution in [1.82, 2.24) is 19.6 Å². The first-order chi connectivity index (χ1) is 16.8. The Bertz CT molecular complexity index is 1530. The first kappa shape index (κ1) is 22.2. The minimum Gasteiger partial charge on any atom is -0.322 e. The lowest BCUT2D eigenvalue weighted by Crippen LogP contribution is -2.19. The Morgan fingerprint density at radius 2 is 1.71 bits per heavy atom. The van der Waals surface area contributed by atoms with Crippen LogP contribution in [0, 0.1) is 5.82 Å². The molecule has 1 amide bonds. The number of nitrogens with one attached hydrogen (secondary N) is 1. The maximum Gasteiger partial charge on any atom is 0.417 e. The molecular formula is C25H15F4N5O. The molecule has 0 fully saturated rings. The summed E-state index contributed by atoms with van der Waals surface area (Å²) in [5.74, 6) is -1.51. The van der Waals surface area contributed by atoms with E-state index in [0.29, 0.717) is 22.5 Å². The molecule has 0 aliphatic carbocycles. The third kappa shape index (κ3) is 4.33. The van der Waals surface area contributed by atoms with Gasteiger partial charge in [0.2, 0.25) is 0 Å². The molecule has 0 saturated carbocycles. The molecule has 0 unspecified atom stereocenters. The number of alkyl halides is 3. The Balaban J connectivity index is 1.60. The zero-order chi connectivity index (χ0) is 24.6. The summed E-state index contributed by atoms with van der Waals surface area (Å²) in [4.78, 5) is 21.4. The van der Waals surface area contributed by atoms with Crippen LogP contribution in [-0.2, 0) is 6.18 Å². The van der Waals surface area contributed by atoms with E-state index in [9.17, 15) is 22.4 Å². The highest BCUT2D eigenvalue weighted by Crippen LogP contribution is 2.36. The van der Waals surface area contributed by atoms with Crippen molar-refractivity contribution in [2.45, 2.75) is 6.18 Å². The number of amides is 1. The highest BCUT2D eigenvalue weighted by molar-refractivity contribution is 6.06. The van der Waals surface area contributed by atoms with Crippen molar-refractivity contribution in [2.75, 3.05) is 5.32 Å². The number of hydrogen-bond donors (Lipinski definition) is 1. The standard InChI is InChI=1S/C25H15F4N5O/c26-17-4-6-18(7-5-17)33-24(35)20-12-15(3-8-21(20)25(27,28)29)19-9-11-32-34-22(14-31-23(19)34)16-2-1-10-30-13-16/h1-14H,(H,33,35). The summed E-state index contributed by atoms with van der Waals surface area (Å²) < 4.78 is 55.9. The normalized spacial score (nSPS) is 11.5. The minimum atomic E-state index is -4.76. The van der Waals surface area contributed by atoms with Crippen LogP contribution in [0.25, 0.3) is 28.0 Å². The van der Waals surface area contributed by atoms with Gasteiger partial charge in [0.15, 0.2) is 5.65 Å². The largest absolute Gasteiger partial charge is 0.417 e. The van der Waals surface area contributed by atoms with E-state index in [4.69, 9.17) is 0 Å². The van der Waals surface area contributed by atoms with E-state index < -0.39 is 29.0 Å². The summed E-state index contributed by atoms with van der Waals surface area (Å²) in [5, 5.41) is 6.71. The van der Waals surface area contributed by atoms with Crippen molar-refractivity contribution in [3.8, 4) is 22.4 Å². The lowest BCUT2D eigenvalue weighted by Gasteiger charge is -2.15. The summed E-state index contributed by atoms with van der Waals surface area (Å²) in [5.41, 5.74) is 1.13. The molecule has 35 heavy (non-hydrogen) atoms. The first-order valence-corrected chi connectivity index (χ1v) is 10.3. The summed E-state index contributed by atoms with van der Waals surface area (Å²) in [6.07, 6.45) is 1.61. The number of rotatable bonds is 4. The van der Waals surface area contributed by atoms with Crippen LogP contribution in [0.15, 0.2) is 85.5 Å². The van der Waals surface area contributed by atoms with E-state index in [1.54, 1.807) is 35.2 Å². The van der Waals surface area contributed by atoms with Crippen molar-refractivity contribution in [3.05, 3.63) is 102 Å². The zero-order valence-corrected chi connectivity index (χ0v) is 17.8. The second-order valence-corrected chi connectivity index (χ2v) is 7.58. The molecule has 3 heterocycles. The van der Waals surface area contributed by atoms with Gasteiger partial charge in [-0.15, -0.1) is 0 Å². The monoisotopic (exact) mass is 477 g/mol. The van der Waals surface area contributed by atoms with Crippen molar-refractivity contribution in [2.24, 2.45) is 0 Å². The minimum absolute atomic E-state index is 0.163. The second kappa shape index (κ2) is 8.64. The van der Waals surface area contributed by atoms with Crippen molar-refractivity contribution in [1.29, 1.82) is 0 Å². The fraction of sp³-hybridized carbons (Fsp3) is 0.0400. The summed E-state index contributed by atoms with van der Waals surface area (Å²) in [6.45, 7) is 0. The number of benzene rings is 2. The van der Waals surface area contributed by atoms with Crippen molar-refractivity contribution < 1.29 is 22.4 Å². The number of aromatic nitrogens is 4. The van der Waals surface area contributed by atoms with Crippen LogP contribution in [0.1, 0.15) is 15.9 Å². The average Bonchev–Trinajstić information content (AvgIpc) is 3.29. The molecule has 1 N–H and O–H groups in total. The third-order valence-electron chi connectivity index (χ3n) is 5.34. The number of nitrogens with zero attached hydrogens (tertiary/aromatic N) is 4. The van der Waals surface area contributed by atoms with E-state index >= 15 is 0 Å². The van der Waals surface area contributed by atoms with E-state index in [2.05, 4.69) is 20.4 Å². The summed E-state index contributed by atoms with van der Waals surface area (Å²) in [7, 11) is 0. The molecule has 0 aliphatic heterocycles.